The second-order valence-corrected chi connectivity index (χ2v) is 3.85. The first-order valence-corrected chi connectivity index (χ1v) is 5.98. The molecule has 0 atom stereocenters. The van der Waals surface area contributed by atoms with Crippen molar-refractivity contribution in [1.82, 2.24) is 10.3 Å². The van der Waals surface area contributed by atoms with Crippen LogP contribution in [-0.2, 0) is 0 Å². The fourth-order valence-corrected chi connectivity index (χ4v) is 1.13. The average Bonchev–Trinajstić information content (AvgIpc) is 2.60. The summed E-state index contributed by atoms with van der Waals surface area (Å²) < 4.78 is 4.34. The van der Waals surface area contributed by atoms with Gasteiger partial charge >= 0.3 is 0 Å². The Morgan fingerprint density at radius 3 is 1.40 bits per heavy atom. The predicted octanol–water partition coefficient (Wildman–Crippen LogP) is 4.05. The number of hydrogen-bond acceptors (Lipinski definition) is 3. The third kappa shape index (κ3) is 8.16. The van der Waals surface area contributed by atoms with E-state index in [0.717, 1.165) is 11.4 Å². The van der Waals surface area contributed by atoms with Gasteiger partial charge in [-0.25, -0.2) is 4.63 Å². The van der Waals surface area contributed by atoms with Crippen molar-refractivity contribution in [2.24, 2.45) is 0 Å². The summed E-state index contributed by atoms with van der Waals surface area (Å²) >= 11 is 0. The zero-order valence-corrected chi connectivity index (χ0v) is 10.5. The van der Waals surface area contributed by atoms with Crippen molar-refractivity contribution < 1.29 is 4.63 Å². The normalized spacial score (nSPS) is 9.60. The van der Waals surface area contributed by atoms with Gasteiger partial charge in [0.05, 0.1) is 0 Å². The first-order chi connectivity index (χ1) is 7.22. The summed E-state index contributed by atoms with van der Waals surface area (Å²) in [5, 5.41) is 7.06. The minimum atomic E-state index is 0.861. The second kappa shape index (κ2) is 9.69. The SMILES string of the molecule is CCCCCCCC.Cc1nonc1C. The molecule has 15 heavy (non-hydrogen) atoms. The van der Waals surface area contributed by atoms with Crippen molar-refractivity contribution in [2.75, 3.05) is 0 Å². The molecule has 0 aromatic carbocycles. The average molecular weight is 212 g/mol. The summed E-state index contributed by atoms with van der Waals surface area (Å²) in [6.45, 7) is 8.22. The Labute approximate surface area is 93.2 Å². The molecular weight excluding hydrogens is 188 g/mol. The van der Waals surface area contributed by atoms with E-state index in [4.69, 9.17) is 0 Å². The Hall–Kier alpha value is -0.860. The largest absolute Gasteiger partial charge is 0.244 e. The Kier molecular flexibility index (Phi) is 9.13. The van der Waals surface area contributed by atoms with Gasteiger partial charge in [0.2, 0.25) is 0 Å². The highest BCUT2D eigenvalue weighted by Crippen LogP contribution is 2.03. The third-order valence-electron chi connectivity index (χ3n) is 2.34. The van der Waals surface area contributed by atoms with Gasteiger partial charge < -0.3 is 0 Å². The second-order valence-electron chi connectivity index (χ2n) is 3.85. The van der Waals surface area contributed by atoms with E-state index >= 15 is 0 Å². The summed E-state index contributed by atoms with van der Waals surface area (Å²) in [6.07, 6.45) is 8.49. The monoisotopic (exact) mass is 212 g/mol. The molecule has 0 aliphatic heterocycles. The van der Waals surface area contributed by atoms with Gasteiger partial charge in [0, 0.05) is 0 Å². The summed E-state index contributed by atoms with van der Waals surface area (Å²) in [4.78, 5) is 0. The molecule has 1 aromatic rings. The molecule has 0 bridgehead atoms. The van der Waals surface area contributed by atoms with Crippen molar-refractivity contribution in [3.05, 3.63) is 11.4 Å². The van der Waals surface area contributed by atoms with E-state index in [-0.39, 0.29) is 0 Å². The van der Waals surface area contributed by atoms with Crippen LogP contribution >= 0.6 is 0 Å². The molecule has 1 rings (SSSR count). The quantitative estimate of drug-likeness (QED) is 0.691. The van der Waals surface area contributed by atoms with E-state index in [1.165, 1.54) is 38.5 Å². The van der Waals surface area contributed by atoms with E-state index in [1.54, 1.807) is 0 Å². The summed E-state index contributed by atoms with van der Waals surface area (Å²) in [7, 11) is 0. The lowest BCUT2D eigenvalue weighted by Crippen LogP contribution is -1.73. The summed E-state index contributed by atoms with van der Waals surface area (Å²) in [5.41, 5.74) is 1.72. The molecule has 0 fully saturated rings. The fraction of sp³-hybridized carbons (Fsp3) is 0.833. The Morgan fingerprint density at radius 1 is 0.800 bits per heavy atom. The van der Waals surface area contributed by atoms with Crippen LogP contribution in [0, 0.1) is 13.8 Å². The summed E-state index contributed by atoms with van der Waals surface area (Å²) in [5.74, 6) is 0. The van der Waals surface area contributed by atoms with Crippen LogP contribution < -0.4 is 0 Å². The molecule has 0 N–H and O–H groups in total. The van der Waals surface area contributed by atoms with Crippen LogP contribution in [-0.4, -0.2) is 10.3 Å². The maximum absolute atomic E-state index is 4.34. The van der Waals surface area contributed by atoms with E-state index in [1.807, 2.05) is 13.8 Å². The minimum absolute atomic E-state index is 0.861. The van der Waals surface area contributed by atoms with Crippen LogP contribution in [0.5, 0.6) is 0 Å². The topological polar surface area (TPSA) is 38.9 Å². The van der Waals surface area contributed by atoms with Crippen LogP contribution in [0.4, 0.5) is 0 Å². The maximum Gasteiger partial charge on any atom is 0.104 e. The van der Waals surface area contributed by atoms with E-state index < -0.39 is 0 Å². The number of hydrogen-bond donors (Lipinski definition) is 0. The van der Waals surface area contributed by atoms with Crippen LogP contribution in [0.3, 0.4) is 0 Å². The molecule has 1 heterocycles. The molecule has 0 saturated heterocycles. The molecule has 0 unspecified atom stereocenters. The predicted molar refractivity (Wildman–Crippen MR) is 62.8 cm³/mol. The van der Waals surface area contributed by atoms with Gasteiger partial charge in [0.15, 0.2) is 0 Å². The third-order valence-corrected chi connectivity index (χ3v) is 2.34. The Balaban J connectivity index is 0.000000262. The highest BCUT2D eigenvalue weighted by molar-refractivity contribution is 5.00. The van der Waals surface area contributed by atoms with Crippen molar-refractivity contribution in [3.8, 4) is 0 Å². The van der Waals surface area contributed by atoms with Crippen LogP contribution in [0.2, 0.25) is 0 Å². The smallest absolute Gasteiger partial charge is 0.104 e. The lowest BCUT2D eigenvalue weighted by Gasteiger charge is -1.93. The number of aromatic nitrogens is 2. The number of aryl methyl sites for hydroxylation is 2. The van der Waals surface area contributed by atoms with Gasteiger partial charge in [0.1, 0.15) is 11.4 Å². The summed E-state index contributed by atoms with van der Waals surface area (Å²) in [6, 6.07) is 0. The fourth-order valence-electron chi connectivity index (χ4n) is 1.13. The Morgan fingerprint density at radius 2 is 1.20 bits per heavy atom. The van der Waals surface area contributed by atoms with Crippen LogP contribution in [0.15, 0.2) is 4.63 Å². The minimum Gasteiger partial charge on any atom is -0.244 e. The van der Waals surface area contributed by atoms with E-state index in [9.17, 15) is 0 Å². The van der Waals surface area contributed by atoms with Crippen molar-refractivity contribution >= 4 is 0 Å². The molecule has 0 aliphatic carbocycles. The van der Waals surface area contributed by atoms with Gasteiger partial charge in [0.25, 0.3) is 0 Å². The molecule has 88 valence electrons. The molecule has 0 radical (unpaired) electrons. The van der Waals surface area contributed by atoms with Gasteiger partial charge in [-0.3, -0.25) is 0 Å². The van der Waals surface area contributed by atoms with Gasteiger partial charge in [-0.15, -0.1) is 0 Å². The number of nitrogens with zero attached hydrogens (tertiary/aromatic N) is 2. The first-order valence-electron chi connectivity index (χ1n) is 5.98. The standard InChI is InChI=1S/C8H18.C4H6N2O/c1-3-5-7-8-6-4-2;1-3-4(2)6-7-5-3/h3-8H2,1-2H3;1-2H3. The van der Waals surface area contributed by atoms with Crippen molar-refractivity contribution in [2.45, 2.75) is 66.2 Å². The first kappa shape index (κ1) is 14.1. The molecule has 0 amide bonds. The van der Waals surface area contributed by atoms with E-state index in [0.29, 0.717) is 0 Å². The maximum atomic E-state index is 4.34. The van der Waals surface area contributed by atoms with Crippen LogP contribution in [0.1, 0.15) is 63.8 Å². The van der Waals surface area contributed by atoms with E-state index in [2.05, 4.69) is 28.8 Å². The molecule has 0 aliphatic rings. The molecule has 1 aromatic heterocycles. The Bertz CT molecular complexity index is 211. The lowest BCUT2D eigenvalue weighted by atomic mass is 10.1. The highest BCUT2D eigenvalue weighted by atomic mass is 16.6. The van der Waals surface area contributed by atoms with Crippen molar-refractivity contribution in [3.63, 3.8) is 0 Å². The van der Waals surface area contributed by atoms with Gasteiger partial charge in [-0.05, 0) is 13.8 Å². The molecule has 3 heteroatoms. The molecule has 0 saturated carbocycles. The number of rotatable bonds is 5. The van der Waals surface area contributed by atoms with Crippen LogP contribution in [0.25, 0.3) is 0 Å². The number of unbranched alkanes of at least 4 members (excludes halogenated alkanes) is 5. The van der Waals surface area contributed by atoms with Crippen molar-refractivity contribution in [1.29, 1.82) is 0 Å². The molecule has 0 spiro atoms. The molecule has 3 nitrogen and oxygen atoms in total. The zero-order chi connectivity index (χ0) is 11.5. The highest BCUT2D eigenvalue weighted by Gasteiger charge is 1.93. The lowest BCUT2D eigenvalue weighted by molar-refractivity contribution is 0.302. The molecular formula is C12H24N2O. The van der Waals surface area contributed by atoms with Gasteiger partial charge in [-0.1, -0.05) is 62.7 Å². The van der Waals surface area contributed by atoms with Gasteiger partial charge in [-0.2, -0.15) is 0 Å². The zero-order valence-electron chi connectivity index (χ0n) is 10.5.